The van der Waals surface area contributed by atoms with Crippen LogP contribution in [0.3, 0.4) is 0 Å². The highest BCUT2D eigenvalue weighted by Gasteiger charge is 2.21. The second kappa shape index (κ2) is 8.07. The fourth-order valence-electron chi connectivity index (χ4n) is 3.02. The molecule has 1 N–H and O–H groups in total. The Morgan fingerprint density at radius 1 is 1.27 bits per heavy atom. The summed E-state index contributed by atoms with van der Waals surface area (Å²) in [7, 11) is 0. The van der Waals surface area contributed by atoms with Gasteiger partial charge in [0.25, 0.3) is 5.91 Å². The van der Waals surface area contributed by atoms with Gasteiger partial charge >= 0.3 is 5.63 Å². The van der Waals surface area contributed by atoms with Crippen molar-refractivity contribution in [3.63, 3.8) is 0 Å². The Balaban J connectivity index is 1.65. The minimum absolute atomic E-state index is 0.118. The van der Waals surface area contributed by atoms with Crippen LogP contribution in [0.4, 0.5) is 0 Å². The van der Waals surface area contributed by atoms with Gasteiger partial charge in [0.15, 0.2) is 6.61 Å². The number of carbonyl (C=O) groups excluding carboxylic acids is 1. The standard InChI is InChI=1S/C18H21ClN2O5/c1-12-8-18(24)26-15-10-16(14(19)9-13(12)15)25-11-17(23)21-4-2-20(3-5-21)6-7-22/h8-10,22H,2-7,11H2,1H3. The Labute approximate surface area is 155 Å². The zero-order valence-electron chi connectivity index (χ0n) is 14.5. The largest absolute Gasteiger partial charge is 0.482 e. The monoisotopic (exact) mass is 380 g/mol. The van der Waals surface area contributed by atoms with Gasteiger partial charge in [0.2, 0.25) is 0 Å². The van der Waals surface area contributed by atoms with Crippen molar-refractivity contribution in [1.82, 2.24) is 9.80 Å². The molecule has 1 aliphatic heterocycles. The molecule has 0 aliphatic carbocycles. The van der Waals surface area contributed by atoms with Crippen LogP contribution in [0.2, 0.25) is 5.02 Å². The highest BCUT2D eigenvalue weighted by atomic mass is 35.5. The number of nitrogens with zero attached hydrogens (tertiary/aromatic N) is 2. The number of hydrogen-bond donors (Lipinski definition) is 1. The number of aliphatic hydroxyl groups is 1. The molecule has 1 aromatic carbocycles. The van der Waals surface area contributed by atoms with E-state index in [4.69, 9.17) is 25.9 Å². The molecule has 26 heavy (non-hydrogen) atoms. The van der Waals surface area contributed by atoms with Gasteiger partial charge in [-0.25, -0.2) is 4.79 Å². The molecule has 0 unspecified atom stereocenters. The third-order valence-corrected chi connectivity index (χ3v) is 4.79. The molecule has 0 atom stereocenters. The van der Waals surface area contributed by atoms with Crippen molar-refractivity contribution in [2.45, 2.75) is 6.92 Å². The molecule has 2 heterocycles. The zero-order valence-corrected chi connectivity index (χ0v) is 15.3. The number of hydrogen-bond acceptors (Lipinski definition) is 6. The lowest BCUT2D eigenvalue weighted by Crippen LogP contribution is -2.50. The summed E-state index contributed by atoms with van der Waals surface area (Å²) in [5.41, 5.74) is 0.695. The molecule has 140 valence electrons. The maximum Gasteiger partial charge on any atom is 0.336 e. The minimum atomic E-state index is -0.444. The van der Waals surface area contributed by atoms with Crippen LogP contribution in [0.5, 0.6) is 5.75 Å². The summed E-state index contributed by atoms with van der Waals surface area (Å²) in [5.74, 6) is 0.177. The number of fused-ring (bicyclic) bond motifs is 1. The first kappa shape index (κ1) is 18.7. The van der Waals surface area contributed by atoms with E-state index in [1.165, 1.54) is 6.07 Å². The quantitative estimate of drug-likeness (QED) is 0.786. The summed E-state index contributed by atoms with van der Waals surface area (Å²) in [6, 6.07) is 4.61. The number of amides is 1. The van der Waals surface area contributed by atoms with Crippen LogP contribution >= 0.6 is 11.6 Å². The number of β-amino-alcohol motifs (C(OH)–C–C–N with tert-alkyl or cyclic N) is 1. The van der Waals surface area contributed by atoms with Crippen molar-refractivity contribution in [3.05, 3.63) is 39.2 Å². The molecular weight excluding hydrogens is 360 g/mol. The van der Waals surface area contributed by atoms with Crippen molar-refractivity contribution < 1.29 is 19.1 Å². The Morgan fingerprint density at radius 2 is 2.00 bits per heavy atom. The van der Waals surface area contributed by atoms with E-state index in [-0.39, 0.29) is 19.1 Å². The van der Waals surface area contributed by atoms with Gasteiger partial charge in [0.05, 0.1) is 11.6 Å². The fraction of sp³-hybridized carbons (Fsp3) is 0.444. The van der Waals surface area contributed by atoms with Gasteiger partial charge in [-0.2, -0.15) is 0 Å². The highest BCUT2D eigenvalue weighted by Crippen LogP contribution is 2.31. The van der Waals surface area contributed by atoms with Gasteiger partial charge in [-0.3, -0.25) is 9.69 Å². The molecule has 1 aromatic heterocycles. The molecule has 1 aliphatic rings. The summed E-state index contributed by atoms with van der Waals surface area (Å²) in [6.45, 7) is 5.06. The number of aliphatic hydroxyl groups excluding tert-OH is 1. The van der Waals surface area contributed by atoms with Gasteiger partial charge in [-0.15, -0.1) is 0 Å². The number of piperazine rings is 1. The molecule has 7 nitrogen and oxygen atoms in total. The Bertz CT molecular complexity index is 859. The summed E-state index contributed by atoms with van der Waals surface area (Å²) in [4.78, 5) is 27.7. The van der Waals surface area contributed by atoms with Crippen molar-refractivity contribution in [2.75, 3.05) is 45.9 Å². The minimum Gasteiger partial charge on any atom is -0.482 e. The van der Waals surface area contributed by atoms with Gasteiger partial charge in [0.1, 0.15) is 11.3 Å². The van der Waals surface area contributed by atoms with Gasteiger partial charge in [0, 0.05) is 50.2 Å². The lowest BCUT2D eigenvalue weighted by Gasteiger charge is -2.34. The third-order valence-electron chi connectivity index (χ3n) is 4.50. The first-order valence-electron chi connectivity index (χ1n) is 8.45. The van der Waals surface area contributed by atoms with Crippen LogP contribution in [0.15, 0.2) is 27.4 Å². The topological polar surface area (TPSA) is 83.2 Å². The molecule has 8 heteroatoms. The van der Waals surface area contributed by atoms with Crippen LogP contribution < -0.4 is 10.4 Å². The molecule has 0 saturated carbocycles. The van der Waals surface area contributed by atoms with E-state index in [0.717, 1.165) is 24.0 Å². The summed E-state index contributed by atoms with van der Waals surface area (Å²) >= 11 is 6.24. The number of halogens is 1. The van der Waals surface area contributed by atoms with E-state index in [9.17, 15) is 9.59 Å². The Morgan fingerprint density at radius 3 is 2.69 bits per heavy atom. The molecule has 1 saturated heterocycles. The Kier molecular flexibility index (Phi) is 5.80. The lowest BCUT2D eigenvalue weighted by molar-refractivity contribution is -0.135. The summed E-state index contributed by atoms with van der Waals surface area (Å²) in [5, 5.41) is 10.0. The van der Waals surface area contributed by atoms with Crippen LogP contribution in [0.1, 0.15) is 5.56 Å². The van der Waals surface area contributed by atoms with E-state index in [0.29, 0.717) is 36.0 Å². The predicted molar refractivity (Wildman–Crippen MR) is 97.8 cm³/mol. The maximum absolute atomic E-state index is 12.3. The number of carbonyl (C=O) groups is 1. The average molecular weight is 381 g/mol. The van der Waals surface area contributed by atoms with E-state index in [1.54, 1.807) is 24.0 Å². The maximum atomic E-state index is 12.3. The van der Waals surface area contributed by atoms with Gasteiger partial charge < -0.3 is 19.2 Å². The summed E-state index contributed by atoms with van der Waals surface area (Å²) in [6.07, 6.45) is 0. The molecule has 3 rings (SSSR count). The normalized spacial score (nSPS) is 15.4. The highest BCUT2D eigenvalue weighted by molar-refractivity contribution is 6.32. The van der Waals surface area contributed by atoms with Crippen molar-refractivity contribution in [2.24, 2.45) is 0 Å². The fourth-order valence-corrected chi connectivity index (χ4v) is 3.24. The number of ether oxygens (including phenoxy) is 1. The van der Waals surface area contributed by atoms with E-state index >= 15 is 0 Å². The number of rotatable bonds is 5. The summed E-state index contributed by atoms with van der Waals surface area (Å²) < 4.78 is 10.8. The van der Waals surface area contributed by atoms with Crippen molar-refractivity contribution >= 4 is 28.5 Å². The van der Waals surface area contributed by atoms with Crippen molar-refractivity contribution in [3.8, 4) is 5.75 Å². The van der Waals surface area contributed by atoms with Crippen LogP contribution in [0, 0.1) is 6.92 Å². The molecule has 1 fully saturated rings. The molecule has 2 aromatic rings. The van der Waals surface area contributed by atoms with Crippen LogP contribution in [-0.4, -0.2) is 66.8 Å². The third kappa shape index (κ3) is 4.17. The SMILES string of the molecule is Cc1cc(=O)oc2cc(OCC(=O)N3CCN(CCO)CC3)c(Cl)cc12. The molecule has 0 bridgehead atoms. The predicted octanol–water partition coefficient (Wildman–Crippen LogP) is 1.27. The lowest BCUT2D eigenvalue weighted by atomic mass is 10.1. The van der Waals surface area contributed by atoms with Gasteiger partial charge in [-0.05, 0) is 18.6 Å². The van der Waals surface area contributed by atoms with E-state index in [2.05, 4.69) is 4.90 Å². The smallest absolute Gasteiger partial charge is 0.336 e. The molecule has 0 spiro atoms. The Hall–Kier alpha value is -2.09. The first-order chi connectivity index (χ1) is 12.5. The second-order valence-corrected chi connectivity index (χ2v) is 6.67. The van der Waals surface area contributed by atoms with Crippen LogP contribution in [0.25, 0.3) is 11.0 Å². The molecular formula is C18H21ClN2O5. The number of aryl methyl sites for hydroxylation is 1. The van der Waals surface area contributed by atoms with E-state index < -0.39 is 5.63 Å². The molecule has 1 amide bonds. The van der Waals surface area contributed by atoms with E-state index in [1.807, 2.05) is 0 Å². The first-order valence-corrected chi connectivity index (χ1v) is 8.83. The second-order valence-electron chi connectivity index (χ2n) is 6.26. The zero-order chi connectivity index (χ0) is 18.7. The number of benzene rings is 1. The van der Waals surface area contributed by atoms with Gasteiger partial charge in [-0.1, -0.05) is 11.6 Å². The average Bonchev–Trinajstić information content (AvgIpc) is 2.61. The van der Waals surface area contributed by atoms with Crippen molar-refractivity contribution in [1.29, 1.82) is 0 Å². The molecule has 0 radical (unpaired) electrons. The van der Waals surface area contributed by atoms with Crippen LogP contribution in [-0.2, 0) is 4.79 Å².